The maximum atomic E-state index is 11.4. The lowest BCUT2D eigenvalue weighted by Crippen LogP contribution is -2.43. The van der Waals surface area contributed by atoms with Gasteiger partial charge in [-0.1, -0.05) is 20.8 Å². The molecule has 2 nitrogen and oxygen atoms in total. The minimum Gasteiger partial charge on any atom is -0.302 e. The third-order valence-electron chi connectivity index (χ3n) is 4.41. The second kappa shape index (κ2) is 3.89. The van der Waals surface area contributed by atoms with E-state index in [1.165, 1.54) is 19.4 Å². The van der Waals surface area contributed by atoms with Crippen molar-refractivity contribution < 1.29 is 4.79 Å². The molecule has 0 bridgehead atoms. The summed E-state index contributed by atoms with van der Waals surface area (Å²) in [6.07, 6.45) is 3.56. The van der Waals surface area contributed by atoms with Crippen LogP contribution in [0.2, 0.25) is 0 Å². The number of carbonyl (C=O) groups is 1. The molecule has 2 fully saturated rings. The molecular formula is C13H23NO. The standard InChI is InChI=1S/C13H23NO/c1-10(2)13(5-6-13)9-14-7-4-12(15)11(3)8-14/h10-11H,4-9H2,1-3H3. The zero-order valence-corrected chi connectivity index (χ0v) is 10.3. The predicted molar refractivity (Wildman–Crippen MR) is 61.7 cm³/mol. The van der Waals surface area contributed by atoms with Crippen molar-refractivity contribution in [3.8, 4) is 0 Å². The second-order valence-electron chi connectivity index (χ2n) is 5.87. The van der Waals surface area contributed by atoms with E-state index in [9.17, 15) is 4.79 Å². The van der Waals surface area contributed by atoms with Crippen LogP contribution in [0.1, 0.15) is 40.0 Å². The van der Waals surface area contributed by atoms with Crippen LogP contribution < -0.4 is 0 Å². The Morgan fingerprint density at radius 1 is 1.47 bits per heavy atom. The minimum atomic E-state index is 0.265. The topological polar surface area (TPSA) is 20.3 Å². The zero-order valence-electron chi connectivity index (χ0n) is 10.3. The Morgan fingerprint density at radius 2 is 2.13 bits per heavy atom. The van der Waals surface area contributed by atoms with Gasteiger partial charge in [-0.2, -0.15) is 0 Å². The molecule has 0 radical (unpaired) electrons. The summed E-state index contributed by atoms with van der Waals surface area (Å²) in [4.78, 5) is 13.9. The molecule has 2 rings (SSSR count). The van der Waals surface area contributed by atoms with Crippen molar-refractivity contribution in [1.82, 2.24) is 4.90 Å². The highest BCUT2D eigenvalue weighted by molar-refractivity contribution is 5.81. The predicted octanol–water partition coefficient (Wildman–Crippen LogP) is 2.33. The fourth-order valence-electron chi connectivity index (χ4n) is 2.76. The first kappa shape index (κ1) is 11.1. The van der Waals surface area contributed by atoms with Crippen LogP contribution >= 0.6 is 0 Å². The van der Waals surface area contributed by atoms with Crippen LogP contribution in [0, 0.1) is 17.3 Å². The number of hydrogen-bond acceptors (Lipinski definition) is 2. The van der Waals surface area contributed by atoms with E-state index in [2.05, 4.69) is 25.7 Å². The van der Waals surface area contributed by atoms with Crippen molar-refractivity contribution in [3.63, 3.8) is 0 Å². The van der Waals surface area contributed by atoms with Gasteiger partial charge in [0.05, 0.1) is 0 Å². The third kappa shape index (κ3) is 2.25. The van der Waals surface area contributed by atoms with E-state index in [4.69, 9.17) is 0 Å². The van der Waals surface area contributed by atoms with Crippen molar-refractivity contribution in [2.75, 3.05) is 19.6 Å². The lowest BCUT2D eigenvalue weighted by atomic mass is 9.90. The van der Waals surface area contributed by atoms with Gasteiger partial charge in [0.2, 0.25) is 0 Å². The molecule has 1 saturated heterocycles. The van der Waals surface area contributed by atoms with Gasteiger partial charge in [-0.05, 0) is 24.2 Å². The summed E-state index contributed by atoms with van der Waals surface area (Å²) in [6, 6.07) is 0. The van der Waals surface area contributed by atoms with Gasteiger partial charge in [0.1, 0.15) is 5.78 Å². The molecule has 1 aliphatic heterocycles. The average Bonchev–Trinajstić information content (AvgIpc) is 2.93. The van der Waals surface area contributed by atoms with E-state index in [-0.39, 0.29) is 5.92 Å². The van der Waals surface area contributed by atoms with Gasteiger partial charge in [-0.25, -0.2) is 0 Å². The molecule has 0 amide bonds. The molecular weight excluding hydrogens is 186 g/mol. The van der Waals surface area contributed by atoms with Gasteiger partial charge in [-0.3, -0.25) is 4.79 Å². The fourth-order valence-corrected chi connectivity index (χ4v) is 2.76. The average molecular weight is 209 g/mol. The largest absolute Gasteiger partial charge is 0.302 e. The van der Waals surface area contributed by atoms with Crippen molar-refractivity contribution in [2.24, 2.45) is 17.3 Å². The number of carbonyl (C=O) groups excluding carboxylic acids is 1. The summed E-state index contributed by atoms with van der Waals surface area (Å²) in [5.74, 6) is 1.52. The van der Waals surface area contributed by atoms with Crippen molar-refractivity contribution in [3.05, 3.63) is 0 Å². The molecule has 2 aliphatic rings. The number of likely N-dealkylation sites (tertiary alicyclic amines) is 1. The summed E-state index contributed by atoms with van der Waals surface area (Å²) in [6.45, 7) is 9.97. The Kier molecular flexibility index (Phi) is 2.89. The highest BCUT2D eigenvalue weighted by Crippen LogP contribution is 2.52. The van der Waals surface area contributed by atoms with E-state index in [0.29, 0.717) is 11.2 Å². The second-order valence-corrected chi connectivity index (χ2v) is 5.87. The maximum absolute atomic E-state index is 11.4. The van der Waals surface area contributed by atoms with Crippen LogP contribution in [0.25, 0.3) is 0 Å². The van der Waals surface area contributed by atoms with Crippen LogP contribution in [0.4, 0.5) is 0 Å². The Hall–Kier alpha value is -0.370. The van der Waals surface area contributed by atoms with E-state index >= 15 is 0 Å². The van der Waals surface area contributed by atoms with Crippen LogP contribution in [0.5, 0.6) is 0 Å². The molecule has 15 heavy (non-hydrogen) atoms. The Labute approximate surface area is 93.0 Å². The number of rotatable bonds is 3. The molecule has 0 N–H and O–H groups in total. The zero-order chi connectivity index (χ0) is 11.1. The summed E-state index contributed by atoms with van der Waals surface area (Å²) in [5.41, 5.74) is 0.597. The number of piperidine rings is 1. The van der Waals surface area contributed by atoms with E-state index in [0.717, 1.165) is 25.4 Å². The summed E-state index contributed by atoms with van der Waals surface area (Å²) in [5, 5.41) is 0. The number of nitrogens with zero attached hydrogens (tertiary/aromatic N) is 1. The maximum Gasteiger partial charge on any atom is 0.138 e. The van der Waals surface area contributed by atoms with Gasteiger partial charge in [0.15, 0.2) is 0 Å². The Bertz CT molecular complexity index is 255. The molecule has 0 aromatic heterocycles. The minimum absolute atomic E-state index is 0.265. The number of hydrogen-bond donors (Lipinski definition) is 0. The monoisotopic (exact) mass is 209 g/mol. The highest BCUT2D eigenvalue weighted by atomic mass is 16.1. The highest BCUT2D eigenvalue weighted by Gasteiger charge is 2.46. The van der Waals surface area contributed by atoms with Gasteiger partial charge < -0.3 is 4.90 Å². The Balaban J connectivity index is 1.88. The lowest BCUT2D eigenvalue weighted by molar-refractivity contribution is -0.125. The third-order valence-corrected chi connectivity index (χ3v) is 4.41. The van der Waals surface area contributed by atoms with Gasteiger partial charge in [0, 0.05) is 32.0 Å². The summed E-state index contributed by atoms with van der Waals surface area (Å²) < 4.78 is 0. The van der Waals surface area contributed by atoms with Gasteiger partial charge in [-0.15, -0.1) is 0 Å². The van der Waals surface area contributed by atoms with Crippen molar-refractivity contribution in [1.29, 1.82) is 0 Å². The number of Topliss-reactive ketones (excluding diaryl/α,β-unsaturated/α-hetero) is 1. The fraction of sp³-hybridized carbons (Fsp3) is 0.923. The first-order valence-electron chi connectivity index (χ1n) is 6.28. The lowest BCUT2D eigenvalue weighted by Gasteiger charge is -2.34. The molecule has 0 aromatic rings. The normalized spacial score (nSPS) is 30.9. The molecule has 86 valence electrons. The molecule has 2 heteroatoms. The molecule has 1 atom stereocenters. The molecule has 1 unspecified atom stereocenters. The van der Waals surface area contributed by atoms with E-state index in [1.54, 1.807) is 0 Å². The van der Waals surface area contributed by atoms with E-state index in [1.807, 2.05) is 0 Å². The number of ketones is 1. The van der Waals surface area contributed by atoms with Crippen LogP contribution in [0.15, 0.2) is 0 Å². The summed E-state index contributed by atoms with van der Waals surface area (Å²) in [7, 11) is 0. The van der Waals surface area contributed by atoms with Gasteiger partial charge >= 0.3 is 0 Å². The van der Waals surface area contributed by atoms with Crippen LogP contribution in [-0.4, -0.2) is 30.3 Å². The quantitative estimate of drug-likeness (QED) is 0.711. The smallest absolute Gasteiger partial charge is 0.138 e. The molecule has 1 saturated carbocycles. The molecule has 0 spiro atoms. The molecule has 0 aromatic carbocycles. The van der Waals surface area contributed by atoms with Crippen molar-refractivity contribution in [2.45, 2.75) is 40.0 Å². The Morgan fingerprint density at radius 3 is 2.60 bits per heavy atom. The first-order valence-corrected chi connectivity index (χ1v) is 6.28. The summed E-state index contributed by atoms with van der Waals surface area (Å²) >= 11 is 0. The van der Waals surface area contributed by atoms with Gasteiger partial charge in [0.25, 0.3) is 0 Å². The first-order chi connectivity index (χ1) is 7.03. The molecule has 1 aliphatic carbocycles. The molecule has 1 heterocycles. The van der Waals surface area contributed by atoms with Crippen LogP contribution in [-0.2, 0) is 4.79 Å². The van der Waals surface area contributed by atoms with Crippen molar-refractivity contribution >= 4 is 5.78 Å². The SMILES string of the molecule is CC1CN(CC2(C(C)C)CC2)CCC1=O. The van der Waals surface area contributed by atoms with Crippen LogP contribution in [0.3, 0.4) is 0 Å². The van der Waals surface area contributed by atoms with E-state index < -0.39 is 0 Å².